The highest BCUT2D eigenvalue weighted by molar-refractivity contribution is 5.93. The first-order valence-electron chi connectivity index (χ1n) is 8.49. The summed E-state index contributed by atoms with van der Waals surface area (Å²) in [5.74, 6) is -0.642. The Balaban J connectivity index is 2.48. The smallest absolute Gasteiger partial charge is 0.279 e. The number of amides is 3. The van der Waals surface area contributed by atoms with Crippen molar-refractivity contribution in [1.82, 2.24) is 10.6 Å². The number of para-hydroxylation sites is 1. The van der Waals surface area contributed by atoms with Crippen molar-refractivity contribution in [3.63, 3.8) is 0 Å². The molecule has 7 nitrogen and oxygen atoms in total. The van der Waals surface area contributed by atoms with Crippen LogP contribution in [0.5, 0.6) is 0 Å². The van der Waals surface area contributed by atoms with E-state index in [1.165, 1.54) is 0 Å². The standard InChI is InChI=1S/C18H28N4O3/c1-6-19-18(25)14(4)20-15(23)10-22(5)11-16(24)21-17-12(2)8-7-9-13(17)3/h7-9,14H,6,10-11H2,1-5H3,(H,19,25)(H,20,23)(H,21,24)/p+1/t14-/m1/s1. The van der Waals surface area contributed by atoms with Gasteiger partial charge in [-0.1, -0.05) is 18.2 Å². The Bertz CT molecular complexity index is 610. The number of hydrogen-bond donors (Lipinski definition) is 4. The van der Waals surface area contributed by atoms with Crippen molar-refractivity contribution in [3.8, 4) is 0 Å². The molecule has 2 atom stereocenters. The molecule has 1 unspecified atom stereocenters. The van der Waals surface area contributed by atoms with Crippen LogP contribution in [0.3, 0.4) is 0 Å². The van der Waals surface area contributed by atoms with E-state index >= 15 is 0 Å². The van der Waals surface area contributed by atoms with E-state index in [4.69, 9.17) is 0 Å². The van der Waals surface area contributed by atoms with Crippen LogP contribution in [0.4, 0.5) is 5.69 Å². The Morgan fingerprint density at radius 1 is 1.08 bits per heavy atom. The zero-order valence-electron chi connectivity index (χ0n) is 15.7. The SMILES string of the molecule is CCNC(=O)[C@@H](C)NC(=O)C[NH+](C)CC(=O)Nc1c(C)cccc1C. The van der Waals surface area contributed by atoms with E-state index in [2.05, 4.69) is 16.0 Å². The largest absolute Gasteiger partial charge is 0.355 e. The summed E-state index contributed by atoms with van der Waals surface area (Å²) in [5, 5.41) is 8.19. The molecular formula is C18H29N4O3+. The normalized spacial score (nSPS) is 12.8. The van der Waals surface area contributed by atoms with E-state index in [-0.39, 0.29) is 30.8 Å². The summed E-state index contributed by atoms with van der Waals surface area (Å²) >= 11 is 0. The predicted molar refractivity (Wildman–Crippen MR) is 97.5 cm³/mol. The van der Waals surface area contributed by atoms with Gasteiger partial charge in [0.15, 0.2) is 13.1 Å². The summed E-state index contributed by atoms with van der Waals surface area (Å²) < 4.78 is 0. The van der Waals surface area contributed by atoms with Gasteiger partial charge in [-0.25, -0.2) is 0 Å². The van der Waals surface area contributed by atoms with Gasteiger partial charge < -0.3 is 20.9 Å². The second-order valence-corrected chi connectivity index (χ2v) is 6.31. The first-order valence-corrected chi connectivity index (χ1v) is 8.49. The predicted octanol–water partition coefficient (Wildman–Crippen LogP) is -0.603. The average Bonchev–Trinajstić information content (AvgIpc) is 2.50. The molecule has 0 aliphatic carbocycles. The summed E-state index contributed by atoms with van der Waals surface area (Å²) in [4.78, 5) is 36.5. The van der Waals surface area contributed by atoms with Crippen LogP contribution in [0.1, 0.15) is 25.0 Å². The summed E-state index contributed by atoms with van der Waals surface area (Å²) in [6.07, 6.45) is 0. The summed E-state index contributed by atoms with van der Waals surface area (Å²) in [6.45, 7) is 8.12. The summed E-state index contributed by atoms with van der Waals surface area (Å²) in [6, 6.07) is 5.23. The van der Waals surface area contributed by atoms with Crippen LogP contribution in [0.25, 0.3) is 0 Å². The van der Waals surface area contributed by atoms with Gasteiger partial charge in [0.25, 0.3) is 11.8 Å². The lowest BCUT2D eigenvalue weighted by atomic mass is 10.1. The third-order valence-electron chi connectivity index (χ3n) is 3.79. The van der Waals surface area contributed by atoms with E-state index in [1.807, 2.05) is 39.0 Å². The van der Waals surface area contributed by atoms with E-state index < -0.39 is 6.04 Å². The maximum Gasteiger partial charge on any atom is 0.279 e. The maximum absolute atomic E-state index is 12.2. The molecule has 0 fully saturated rings. The fourth-order valence-electron chi connectivity index (χ4n) is 2.49. The molecule has 138 valence electrons. The quantitative estimate of drug-likeness (QED) is 0.505. The Labute approximate surface area is 149 Å². The molecule has 0 radical (unpaired) electrons. The van der Waals surface area contributed by atoms with Crippen molar-refractivity contribution in [3.05, 3.63) is 29.3 Å². The molecule has 0 saturated carbocycles. The molecule has 0 saturated heterocycles. The van der Waals surface area contributed by atoms with Crippen molar-refractivity contribution < 1.29 is 19.3 Å². The molecule has 0 aliphatic heterocycles. The van der Waals surface area contributed by atoms with Crippen LogP contribution in [0.15, 0.2) is 18.2 Å². The molecule has 1 aromatic carbocycles. The molecule has 0 bridgehead atoms. The highest BCUT2D eigenvalue weighted by Crippen LogP contribution is 2.18. The Morgan fingerprint density at radius 3 is 2.20 bits per heavy atom. The zero-order chi connectivity index (χ0) is 19.0. The molecule has 0 spiro atoms. The van der Waals surface area contributed by atoms with Gasteiger partial charge in [0.05, 0.1) is 7.05 Å². The molecular weight excluding hydrogens is 320 g/mol. The topological polar surface area (TPSA) is 91.7 Å². The third-order valence-corrected chi connectivity index (χ3v) is 3.79. The first kappa shape index (κ1) is 20.6. The van der Waals surface area contributed by atoms with Crippen molar-refractivity contribution in [2.24, 2.45) is 0 Å². The number of benzene rings is 1. The van der Waals surface area contributed by atoms with Crippen LogP contribution in [-0.4, -0.2) is 50.4 Å². The van der Waals surface area contributed by atoms with Crippen molar-refractivity contribution in [2.45, 2.75) is 33.7 Å². The molecule has 1 rings (SSSR count). The minimum absolute atomic E-state index is 0.115. The van der Waals surface area contributed by atoms with Gasteiger partial charge in [-0.2, -0.15) is 0 Å². The lowest BCUT2D eigenvalue weighted by molar-refractivity contribution is -0.862. The van der Waals surface area contributed by atoms with Gasteiger partial charge in [-0.3, -0.25) is 14.4 Å². The van der Waals surface area contributed by atoms with Crippen LogP contribution in [0, 0.1) is 13.8 Å². The van der Waals surface area contributed by atoms with Gasteiger partial charge in [-0.05, 0) is 38.8 Å². The van der Waals surface area contributed by atoms with Crippen molar-refractivity contribution >= 4 is 23.4 Å². The second kappa shape index (κ2) is 9.78. The summed E-state index contributed by atoms with van der Waals surface area (Å²) in [5.41, 5.74) is 2.81. The van der Waals surface area contributed by atoms with Gasteiger partial charge in [-0.15, -0.1) is 0 Å². The lowest BCUT2D eigenvalue weighted by Gasteiger charge is -2.17. The number of aryl methyl sites for hydroxylation is 2. The van der Waals surface area contributed by atoms with E-state index in [0.29, 0.717) is 6.54 Å². The van der Waals surface area contributed by atoms with Crippen LogP contribution in [-0.2, 0) is 14.4 Å². The van der Waals surface area contributed by atoms with Crippen LogP contribution < -0.4 is 20.9 Å². The summed E-state index contributed by atoms with van der Waals surface area (Å²) in [7, 11) is 1.76. The molecule has 7 heteroatoms. The van der Waals surface area contributed by atoms with E-state index in [9.17, 15) is 14.4 Å². The number of hydrogen-bond acceptors (Lipinski definition) is 3. The molecule has 0 aliphatic rings. The number of anilines is 1. The highest BCUT2D eigenvalue weighted by atomic mass is 16.2. The molecule has 3 amide bonds. The second-order valence-electron chi connectivity index (χ2n) is 6.31. The van der Waals surface area contributed by atoms with Crippen molar-refractivity contribution in [2.75, 3.05) is 32.0 Å². The van der Waals surface area contributed by atoms with Crippen LogP contribution in [0.2, 0.25) is 0 Å². The fourth-order valence-corrected chi connectivity index (χ4v) is 2.49. The Morgan fingerprint density at radius 2 is 1.64 bits per heavy atom. The number of carbonyl (C=O) groups excluding carboxylic acids is 3. The number of carbonyl (C=O) groups is 3. The third kappa shape index (κ3) is 6.93. The molecule has 4 N–H and O–H groups in total. The number of likely N-dealkylation sites (N-methyl/N-ethyl adjacent to an activating group) is 2. The van der Waals surface area contributed by atoms with Gasteiger partial charge >= 0.3 is 0 Å². The molecule has 25 heavy (non-hydrogen) atoms. The highest BCUT2D eigenvalue weighted by Gasteiger charge is 2.19. The Kier molecular flexibility index (Phi) is 8.07. The molecule has 0 aromatic heterocycles. The average molecular weight is 349 g/mol. The Hall–Kier alpha value is -2.41. The molecule has 0 heterocycles. The number of nitrogens with one attached hydrogen (secondary N) is 4. The minimum Gasteiger partial charge on any atom is -0.355 e. The lowest BCUT2D eigenvalue weighted by Crippen LogP contribution is -3.11. The van der Waals surface area contributed by atoms with Crippen molar-refractivity contribution in [1.29, 1.82) is 0 Å². The van der Waals surface area contributed by atoms with Gasteiger partial charge in [0.1, 0.15) is 6.04 Å². The van der Waals surface area contributed by atoms with Gasteiger partial charge in [0, 0.05) is 12.2 Å². The maximum atomic E-state index is 12.2. The van der Waals surface area contributed by atoms with Crippen LogP contribution >= 0.6 is 0 Å². The zero-order valence-corrected chi connectivity index (χ0v) is 15.7. The van der Waals surface area contributed by atoms with E-state index in [1.54, 1.807) is 14.0 Å². The number of rotatable bonds is 8. The fraction of sp³-hybridized carbons (Fsp3) is 0.500. The number of quaternary nitrogens is 1. The monoisotopic (exact) mass is 349 g/mol. The first-order chi connectivity index (χ1) is 11.7. The van der Waals surface area contributed by atoms with Gasteiger partial charge in [0.2, 0.25) is 5.91 Å². The minimum atomic E-state index is -0.594. The van der Waals surface area contributed by atoms with E-state index in [0.717, 1.165) is 21.7 Å². The molecule has 1 aromatic rings.